The maximum Gasteiger partial charge on any atom is 0.471 e. The number of aliphatic carboxylic acids is 2. The Bertz CT molecular complexity index is 4170. The molecule has 0 radical (unpaired) electrons. The zero-order chi connectivity index (χ0) is 61.0. The van der Waals surface area contributed by atoms with Crippen LogP contribution < -0.4 is 54.7 Å². The molecular weight excluding hydrogens is 1120 g/mol. The number of nitrogens with two attached hydrogens (primary N) is 3. The number of hydrogen-bond acceptors (Lipinski definition) is 23. The van der Waals surface area contributed by atoms with Gasteiger partial charge >= 0.3 is 36.0 Å². The highest BCUT2D eigenvalue weighted by Crippen LogP contribution is 2.26. The minimum absolute atomic E-state index is 0.0128. The van der Waals surface area contributed by atoms with Gasteiger partial charge in [0.1, 0.15) is 6.04 Å². The van der Waals surface area contributed by atoms with Crippen LogP contribution in [0.3, 0.4) is 0 Å². The number of carboxylic acid groups (broad SMARTS) is 4. The molecule has 0 bridgehead atoms. The predicted molar refractivity (Wildman–Crippen MR) is 288 cm³/mol. The summed E-state index contributed by atoms with van der Waals surface area (Å²) in [5.41, 5.74) is 17.0. The van der Waals surface area contributed by atoms with Gasteiger partial charge in [-0.3, -0.25) is 48.6 Å². The van der Waals surface area contributed by atoms with Gasteiger partial charge in [0.25, 0.3) is 22.6 Å². The average Bonchev–Trinajstić information content (AvgIpc) is 3.55. The first kappa shape index (κ1) is 59.6. The Morgan fingerprint density at radius 3 is 1.31 bits per heavy atom. The number of alkyl halides is 3. The summed E-state index contributed by atoms with van der Waals surface area (Å²) >= 11 is 0. The number of carbonyl (C=O) groups is 6. The molecule has 6 aromatic heterocycles. The van der Waals surface area contributed by atoms with Gasteiger partial charge in [-0.1, -0.05) is 0 Å². The number of rotatable bonds is 17. The molecule has 432 valence electrons. The number of carbonyl (C=O) groups excluding carboxylic acids is 2. The number of carboxylic acids is 4. The van der Waals surface area contributed by atoms with Crippen molar-refractivity contribution in [1.82, 2.24) is 65.1 Å². The summed E-state index contributed by atoms with van der Waals surface area (Å²) in [6, 6.07) is 15.4. The lowest BCUT2D eigenvalue weighted by Gasteiger charge is -2.23. The molecule has 6 heterocycles. The first-order chi connectivity index (χ1) is 39.8. The molecule has 9 rings (SSSR count). The third-order valence-corrected chi connectivity index (χ3v) is 11.2. The predicted octanol–water partition coefficient (Wildman–Crippen LogP) is 1.65. The zero-order valence-corrected chi connectivity index (χ0v) is 42.6. The number of H-pyrrole nitrogens is 3. The maximum absolute atomic E-state index is 13.1. The van der Waals surface area contributed by atoms with Crippen molar-refractivity contribution in [3.05, 3.63) is 156 Å². The number of amides is 2. The first-order valence-electron chi connectivity index (χ1n) is 23.7. The fraction of sp³-hybridized carbons (Fsp3) is 0.143. The van der Waals surface area contributed by atoms with Crippen LogP contribution in [0.1, 0.15) is 61.0 Å². The van der Waals surface area contributed by atoms with E-state index in [1.54, 1.807) is 24.3 Å². The van der Waals surface area contributed by atoms with Crippen LogP contribution in [-0.4, -0.2) is 128 Å². The molecule has 0 aliphatic rings. The topological polar surface area (TPSA) is 515 Å². The third-order valence-electron chi connectivity index (χ3n) is 11.2. The Hall–Kier alpha value is -12.1. The smallest absolute Gasteiger partial charge is 0.471 e. The molecule has 1 unspecified atom stereocenters. The number of nitrogens with zero attached hydrogens (tertiary/aromatic N) is 10. The van der Waals surface area contributed by atoms with Crippen LogP contribution in [0.2, 0.25) is 0 Å². The second-order valence-electron chi connectivity index (χ2n) is 17.2. The highest BCUT2D eigenvalue weighted by molar-refractivity contribution is 5.98. The van der Waals surface area contributed by atoms with E-state index in [2.05, 4.69) is 75.8 Å². The number of aromatic carboxylic acids is 2. The second kappa shape index (κ2) is 25.8. The number of nitrogen functional groups attached to an aromatic ring is 3. The van der Waals surface area contributed by atoms with Gasteiger partial charge in [-0.2, -0.15) is 28.1 Å². The number of nitrogens with one attached hydrogen (secondary N) is 6. The van der Waals surface area contributed by atoms with Crippen LogP contribution >= 0.6 is 0 Å². The lowest BCUT2D eigenvalue weighted by atomic mass is 10.1. The largest absolute Gasteiger partial charge is 0.481 e. The van der Waals surface area contributed by atoms with E-state index in [1.165, 1.54) is 36.7 Å². The molecule has 9 aromatic rings. The summed E-state index contributed by atoms with van der Waals surface area (Å²) in [5.74, 6) is -7.85. The van der Waals surface area contributed by atoms with Crippen molar-refractivity contribution in [1.29, 1.82) is 0 Å². The van der Waals surface area contributed by atoms with Gasteiger partial charge in [0.15, 0.2) is 33.5 Å². The SMILES string of the molecule is Nc1nc2ncc(CN(C(=O)C(F)(F)F)c3ccc(C(=O)O)cc3)nc2c(=O)[nH]1.Nc1nc2ncc(CNc3ccc(C(=O)NC(CCC(=O)O)C(=O)O)cc3)nc2c(=O)[nH]1.Nc1nc2ncc(CNc3ccc(C(=O)O)cc3)nc2c(=O)[nH]1. The molecule has 0 saturated heterocycles. The van der Waals surface area contributed by atoms with Crippen LogP contribution in [0.5, 0.6) is 0 Å². The Kier molecular flexibility index (Phi) is 18.3. The Morgan fingerprint density at radius 2 is 0.929 bits per heavy atom. The van der Waals surface area contributed by atoms with Crippen molar-refractivity contribution in [3.8, 4) is 0 Å². The van der Waals surface area contributed by atoms with Crippen molar-refractivity contribution in [2.75, 3.05) is 32.7 Å². The fourth-order valence-corrected chi connectivity index (χ4v) is 7.16. The zero-order valence-electron chi connectivity index (χ0n) is 42.6. The van der Waals surface area contributed by atoms with E-state index in [9.17, 15) is 56.3 Å². The molecule has 35 heteroatoms. The summed E-state index contributed by atoms with van der Waals surface area (Å²) in [7, 11) is 0. The second-order valence-corrected chi connectivity index (χ2v) is 17.2. The van der Waals surface area contributed by atoms with E-state index in [0.717, 1.165) is 36.1 Å². The minimum Gasteiger partial charge on any atom is -0.481 e. The maximum atomic E-state index is 13.1. The van der Waals surface area contributed by atoms with E-state index in [-0.39, 0.29) is 98.8 Å². The summed E-state index contributed by atoms with van der Waals surface area (Å²) in [5, 5.41) is 44.0. The Labute approximate surface area is 464 Å². The molecule has 16 N–H and O–H groups in total. The molecule has 0 fully saturated rings. The normalized spacial score (nSPS) is 11.3. The van der Waals surface area contributed by atoms with Gasteiger partial charge in [0.2, 0.25) is 17.8 Å². The van der Waals surface area contributed by atoms with Crippen molar-refractivity contribution in [2.24, 2.45) is 0 Å². The van der Waals surface area contributed by atoms with E-state index in [0.29, 0.717) is 28.5 Å². The van der Waals surface area contributed by atoms with Crippen molar-refractivity contribution < 1.29 is 62.4 Å². The Morgan fingerprint density at radius 1 is 0.548 bits per heavy atom. The van der Waals surface area contributed by atoms with Crippen LogP contribution in [0.25, 0.3) is 33.5 Å². The van der Waals surface area contributed by atoms with Crippen LogP contribution in [-0.2, 0) is 34.0 Å². The molecule has 32 nitrogen and oxygen atoms in total. The average molecular weight is 1160 g/mol. The monoisotopic (exact) mass is 1160 g/mol. The molecule has 0 aliphatic carbocycles. The number of benzene rings is 3. The molecule has 1 atom stereocenters. The van der Waals surface area contributed by atoms with Crippen LogP contribution in [0.4, 0.5) is 48.1 Å². The third kappa shape index (κ3) is 15.6. The van der Waals surface area contributed by atoms with Crippen LogP contribution in [0, 0.1) is 0 Å². The number of fused-ring (bicyclic) bond motifs is 3. The van der Waals surface area contributed by atoms with Gasteiger partial charge in [-0.25, -0.2) is 44.3 Å². The lowest BCUT2D eigenvalue weighted by molar-refractivity contribution is -0.170. The summed E-state index contributed by atoms with van der Waals surface area (Å²) in [4.78, 5) is 146. The number of hydrogen-bond donors (Lipinski definition) is 13. The van der Waals surface area contributed by atoms with Crippen molar-refractivity contribution >= 4 is 104 Å². The van der Waals surface area contributed by atoms with Gasteiger partial charge < -0.3 is 53.6 Å². The van der Waals surface area contributed by atoms with Crippen molar-refractivity contribution in [2.45, 2.75) is 44.7 Å². The Balaban J connectivity index is 0.000000183. The number of halogens is 3. The van der Waals surface area contributed by atoms with Crippen molar-refractivity contribution in [3.63, 3.8) is 0 Å². The fourth-order valence-electron chi connectivity index (χ4n) is 7.16. The van der Waals surface area contributed by atoms with Gasteiger partial charge in [0.05, 0.1) is 66.4 Å². The van der Waals surface area contributed by atoms with Gasteiger partial charge in [-0.05, 0) is 79.2 Å². The molecule has 0 spiro atoms. The highest BCUT2D eigenvalue weighted by atomic mass is 19.4. The number of aromatic amines is 3. The first-order valence-corrected chi connectivity index (χ1v) is 23.7. The highest BCUT2D eigenvalue weighted by Gasteiger charge is 2.43. The standard InChI is InChI=1S/C19H19N7O6.C16H11F3N6O4.C14H12N6O3/c20-19-25-15-14(17(30)26-19)23-11(8-22-15)7-21-10-3-1-9(2-4-10)16(29)24-12(18(31)32)5-6-13(27)28;17-16(18,19)14(29)25(9-3-1-7(2-4-9)13(27)28)6-8-5-21-11-10(22-8)12(26)24-15(20)23-11;15-14-19-11-10(12(21)20-14)18-9(6-17-11)5-16-8-3-1-7(2-4-8)13(22)23/h1-4,8,12,21H,5-7H2,(H,24,29)(H,27,28)(H,31,32)(H3,20,22,25,26,30);1-5H,6H2,(H,27,28)(H3,20,21,23,24,26);1-4,6,16H,5H2,(H,22,23)(H3,15,17,19,20,21). The molecular formula is C49H42F3N19O13. The quantitative estimate of drug-likeness (QED) is 0.0616. The minimum atomic E-state index is -5.21. The van der Waals surface area contributed by atoms with E-state index >= 15 is 0 Å². The summed E-state index contributed by atoms with van der Waals surface area (Å²) in [6.45, 7) is -0.134. The molecule has 0 saturated carbocycles. The van der Waals surface area contributed by atoms with E-state index < -0.39 is 71.1 Å². The summed E-state index contributed by atoms with van der Waals surface area (Å²) in [6.07, 6.45) is -1.82. The van der Waals surface area contributed by atoms with Gasteiger partial charge in [-0.15, -0.1) is 0 Å². The summed E-state index contributed by atoms with van der Waals surface area (Å²) < 4.78 is 39.2. The molecule has 84 heavy (non-hydrogen) atoms. The van der Waals surface area contributed by atoms with E-state index in [4.69, 9.17) is 37.6 Å². The van der Waals surface area contributed by atoms with Crippen LogP contribution in [0.15, 0.2) is 106 Å². The molecule has 3 aromatic carbocycles. The van der Waals surface area contributed by atoms with E-state index in [1.807, 2.05) is 0 Å². The lowest BCUT2D eigenvalue weighted by Crippen LogP contribution is -2.41. The molecule has 2 amide bonds. The van der Waals surface area contributed by atoms with Gasteiger partial charge in [0, 0.05) is 29.0 Å². The number of anilines is 6. The molecule has 0 aliphatic heterocycles. The number of aromatic nitrogens is 12.